The van der Waals surface area contributed by atoms with E-state index in [1.807, 2.05) is 6.92 Å². The number of benzene rings is 1. The van der Waals surface area contributed by atoms with E-state index in [-0.39, 0.29) is 18.5 Å². The van der Waals surface area contributed by atoms with Crippen molar-refractivity contribution in [2.75, 3.05) is 0 Å². The van der Waals surface area contributed by atoms with Crippen LogP contribution >= 0.6 is 79.6 Å². The summed E-state index contributed by atoms with van der Waals surface area (Å²) in [4.78, 5) is 12.2. The molecule has 124 valence electrons. The molecule has 0 heterocycles. The molecule has 0 N–H and O–H groups in total. The Kier molecular flexibility index (Phi) is 9.76. The van der Waals surface area contributed by atoms with Gasteiger partial charge in [-0.2, -0.15) is 0 Å². The Balaban J connectivity index is 2.86. The summed E-state index contributed by atoms with van der Waals surface area (Å²) in [5.41, 5.74) is 0.889. The number of hydrogen-bond acceptors (Lipinski definition) is 2. The molecule has 7 heteroatoms. The van der Waals surface area contributed by atoms with Gasteiger partial charge in [0.1, 0.15) is 6.61 Å². The van der Waals surface area contributed by atoms with Crippen molar-refractivity contribution < 1.29 is 9.53 Å². The molecule has 0 saturated carbocycles. The van der Waals surface area contributed by atoms with Gasteiger partial charge in [0.25, 0.3) is 0 Å². The fraction of sp³-hybridized carbons (Fsp3) is 0.533. The molecule has 22 heavy (non-hydrogen) atoms. The Labute approximate surface area is 173 Å². The molecule has 1 aromatic carbocycles. The maximum Gasteiger partial charge on any atom is 0.309 e. The zero-order valence-electron chi connectivity index (χ0n) is 12.3. The van der Waals surface area contributed by atoms with Crippen molar-refractivity contribution in [3.8, 4) is 0 Å². The molecular formula is C15H17Br5O2. The topological polar surface area (TPSA) is 26.3 Å². The maximum absolute atomic E-state index is 12.2. The Morgan fingerprint density at radius 1 is 0.955 bits per heavy atom. The molecule has 0 bridgehead atoms. The van der Waals surface area contributed by atoms with Crippen LogP contribution in [0, 0.1) is 5.92 Å². The lowest BCUT2D eigenvalue weighted by Gasteiger charge is -2.17. The molecular weight excluding hydrogens is 612 g/mol. The van der Waals surface area contributed by atoms with Crippen LogP contribution in [-0.2, 0) is 16.1 Å². The molecule has 0 aliphatic rings. The van der Waals surface area contributed by atoms with Crippen LogP contribution < -0.4 is 0 Å². The van der Waals surface area contributed by atoms with Gasteiger partial charge in [0.05, 0.1) is 5.92 Å². The molecule has 0 radical (unpaired) electrons. The minimum Gasteiger partial charge on any atom is -0.461 e. The van der Waals surface area contributed by atoms with E-state index >= 15 is 0 Å². The van der Waals surface area contributed by atoms with Crippen molar-refractivity contribution in [2.45, 2.75) is 46.1 Å². The van der Waals surface area contributed by atoms with E-state index in [0.29, 0.717) is 0 Å². The number of halogens is 5. The van der Waals surface area contributed by atoms with Gasteiger partial charge in [0.15, 0.2) is 0 Å². The average molecular weight is 629 g/mol. The molecule has 0 aliphatic carbocycles. The molecule has 0 amide bonds. The highest BCUT2D eigenvalue weighted by molar-refractivity contribution is 9.15. The highest BCUT2D eigenvalue weighted by Crippen LogP contribution is 2.44. The summed E-state index contributed by atoms with van der Waals surface area (Å²) in [7, 11) is 0. The third kappa shape index (κ3) is 5.30. The van der Waals surface area contributed by atoms with E-state index in [0.717, 1.165) is 53.6 Å². The lowest BCUT2D eigenvalue weighted by atomic mass is 10.00. The van der Waals surface area contributed by atoms with Crippen LogP contribution in [0.2, 0.25) is 0 Å². The van der Waals surface area contributed by atoms with Crippen molar-refractivity contribution in [1.82, 2.24) is 0 Å². The third-order valence-corrected chi connectivity index (χ3v) is 9.65. The molecule has 0 fully saturated rings. The Bertz CT molecular complexity index is 516. The normalized spacial score (nSPS) is 12.3. The van der Waals surface area contributed by atoms with E-state index in [2.05, 4.69) is 86.6 Å². The van der Waals surface area contributed by atoms with Crippen LogP contribution in [0.25, 0.3) is 0 Å². The smallest absolute Gasteiger partial charge is 0.309 e. The first-order chi connectivity index (χ1) is 10.3. The van der Waals surface area contributed by atoms with E-state index in [1.54, 1.807) is 0 Å². The predicted molar refractivity (Wildman–Crippen MR) is 108 cm³/mol. The molecule has 0 aliphatic heterocycles. The number of carbonyl (C=O) groups is 1. The predicted octanol–water partition coefficient (Wildman–Crippen LogP) is 7.76. The number of hydrogen-bond donors (Lipinski definition) is 0. The zero-order valence-corrected chi connectivity index (χ0v) is 20.2. The van der Waals surface area contributed by atoms with Crippen LogP contribution in [0.4, 0.5) is 0 Å². The van der Waals surface area contributed by atoms with Crippen molar-refractivity contribution >= 4 is 85.6 Å². The minimum absolute atomic E-state index is 0.0140. The fourth-order valence-electron chi connectivity index (χ4n) is 1.98. The van der Waals surface area contributed by atoms with Gasteiger partial charge in [0, 0.05) is 27.9 Å². The highest BCUT2D eigenvalue weighted by atomic mass is 79.9. The second-order valence-corrected chi connectivity index (χ2v) is 8.87. The second-order valence-electron chi connectivity index (χ2n) is 4.90. The van der Waals surface area contributed by atoms with Crippen molar-refractivity contribution in [3.05, 3.63) is 27.9 Å². The summed E-state index contributed by atoms with van der Waals surface area (Å²) in [5.74, 6) is -0.134. The van der Waals surface area contributed by atoms with Gasteiger partial charge in [-0.3, -0.25) is 4.79 Å². The van der Waals surface area contributed by atoms with Gasteiger partial charge < -0.3 is 4.74 Å². The average Bonchev–Trinajstić information content (AvgIpc) is 2.51. The van der Waals surface area contributed by atoms with Crippen LogP contribution in [0.5, 0.6) is 0 Å². The van der Waals surface area contributed by atoms with Gasteiger partial charge in [-0.15, -0.1) is 0 Å². The van der Waals surface area contributed by atoms with Crippen LogP contribution in [0.1, 0.15) is 45.1 Å². The lowest BCUT2D eigenvalue weighted by molar-refractivity contribution is -0.150. The minimum atomic E-state index is -0.120. The molecule has 2 nitrogen and oxygen atoms in total. The maximum atomic E-state index is 12.2. The lowest BCUT2D eigenvalue weighted by Crippen LogP contribution is -2.17. The quantitative estimate of drug-likeness (QED) is 0.175. The third-order valence-electron chi connectivity index (χ3n) is 3.39. The number of esters is 1. The molecule has 0 aromatic heterocycles. The molecule has 1 aromatic rings. The number of unbranched alkanes of at least 4 members (excludes halogenated alkanes) is 1. The van der Waals surface area contributed by atoms with Crippen molar-refractivity contribution in [2.24, 2.45) is 5.92 Å². The van der Waals surface area contributed by atoms with Crippen LogP contribution in [-0.4, -0.2) is 5.97 Å². The zero-order chi connectivity index (χ0) is 16.9. The SMILES string of the molecule is CCCCC(CC)C(=O)OCc1c(Br)c(Br)c(Br)c(Br)c1Br. The van der Waals surface area contributed by atoms with Gasteiger partial charge in [-0.1, -0.05) is 26.7 Å². The molecule has 1 unspecified atom stereocenters. The van der Waals surface area contributed by atoms with Crippen molar-refractivity contribution in [1.29, 1.82) is 0 Å². The summed E-state index contributed by atoms with van der Waals surface area (Å²) < 4.78 is 9.92. The fourth-order valence-corrected chi connectivity index (χ4v) is 5.34. The monoisotopic (exact) mass is 624 g/mol. The Morgan fingerprint density at radius 3 is 1.91 bits per heavy atom. The standard InChI is InChI=1S/C15H17Br5O2/c1-3-5-6-8(4-2)15(21)22-7-9-10(16)12(18)14(20)13(19)11(9)17/h8H,3-7H2,1-2H3. The van der Waals surface area contributed by atoms with E-state index in [9.17, 15) is 4.79 Å². The summed E-state index contributed by atoms with van der Waals surface area (Å²) in [6.07, 6.45) is 3.85. The van der Waals surface area contributed by atoms with E-state index in [1.165, 1.54) is 0 Å². The number of carbonyl (C=O) groups excluding carboxylic acids is 1. The molecule has 0 spiro atoms. The summed E-state index contributed by atoms with van der Waals surface area (Å²) in [6.45, 7) is 4.39. The Hall–Kier alpha value is 1.09. The molecule has 1 atom stereocenters. The van der Waals surface area contributed by atoms with Gasteiger partial charge in [0.2, 0.25) is 0 Å². The van der Waals surface area contributed by atoms with Gasteiger partial charge in [-0.05, 0) is 92.5 Å². The van der Waals surface area contributed by atoms with Crippen molar-refractivity contribution in [3.63, 3.8) is 0 Å². The number of rotatable bonds is 7. The largest absolute Gasteiger partial charge is 0.461 e. The van der Waals surface area contributed by atoms with E-state index < -0.39 is 0 Å². The van der Waals surface area contributed by atoms with E-state index in [4.69, 9.17) is 4.74 Å². The highest BCUT2D eigenvalue weighted by Gasteiger charge is 2.21. The summed E-state index contributed by atoms with van der Waals surface area (Å²) in [5, 5.41) is 0. The van der Waals surface area contributed by atoms with Crippen LogP contribution in [0.15, 0.2) is 22.4 Å². The van der Waals surface area contributed by atoms with Crippen LogP contribution in [0.3, 0.4) is 0 Å². The second kappa shape index (κ2) is 10.2. The Morgan fingerprint density at radius 2 is 1.45 bits per heavy atom. The first-order valence-corrected chi connectivity index (χ1v) is 11.0. The summed E-state index contributed by atoms with van der Waals surface area (Å²) >= 11 is 17.6. The van der Waals surface area contributed by atoms with Gasteiger partial charge >= 0.3 is 5.97 Å². The molecule has 1 rings (SSSR count). The first-order valence-electron chi connectivity index (χ1n) is 7.01. The summed E-state index contributed by atoms with van der Waals surface area (Å²) in [6, 6.07) is 0. The first kappa shape index (κ1) is 21.1. The van der Waals surface area contributed by atoms with Gasteiger partial charge in [-0.25, -0.2) is 0 Å². The molecule has 0 saturated heterocycles. The number of ether oxygens (including phenoxy) is 1.